The molecule has 0 aliphatic carbocycles. The highest BCUT2D eigenvalue weighted by atomic mass is 32.2. The van der Waals surface area contributed by atoms with Crippen molar-refractivity contribution in [2.24, 2.45) is 0 Å². The molecule has 18 heavy (non-hydrogen) atoms. The summed E-state index contributed by atoms with van der Waals surface area (Å²) in [4.78, 5) is 11.2. The zero-order valence-electron chi connectivity index (χ0n) is 9.29. The van der Waals surface area contributed by atoms with Crippen molar-refractivity contribution >= 4 is 16.0 Å². The molecule has 94 valence electrons. The van der Waals surface area contributed by atoms with Gasteiger partial charge in [-0.1, -0.05) is 6.07 Å². The van der Waals surface area contributed by atoms with Gasteiger partial charge in [-0.25, -0.2) is 8.42 Å². The summed E-state index contributed by atoms with van der Waals surface area (Å²) in [5.74, 6) is -0.574. The molecule has 1 fully saturated rings. The summed E-state index contributed by atoms with van der Waals surface area (Å²) in [6.07, 6.45) is 0.315. The monoisotopic (exact) mass is 266 g/mol. The SMILES string of the molecule is N#Cc1cccc(S(=O)(=O)NC2CCOC2=O)c1. The predicted octanol–water partition coefficient (Wildman–Crippen LogP) is 0.152. The highest BCUT2D eigenvalue weighted by Crippen LogP contribution is 2.14. The lowest BCUT2D eigenvalue weighted by molar-refractivity contribution is -0.139. The Hall–Kier alpha value is -1.91. The minimum atomic E-state index is -3.81. The van der Waals surface area contributed by atoms with Crippen molar-refractivity contribution in [3.05, 3.63) is 29.8 Å². The molecule has 1 atom stereocenters. The largest absolute Gasteiger partial charge is 0.464 e. The minimum absolute atomic E-state index is 0.0405. The van der Waals surface area contributed by atoms with E-state index in [9.17, 15) is 13.2 Å². The summed E-state index contributed by atoms with van der Waals surface area (Å²) < 4.78 is 30.9. The Morgan fingerprint density at radius 2 is 2.22 bits per heavy atom. The number of ether oxygens (including phenoxy) is 1. The van der Waals surface area contributed by atoms with Crippen molar-refractivity contribution in [1.82, 2.24) is 4.72 Å². The van der Waals surface area contributed by atoms with Gasteiger partial charge in [-0.3, -0.25) is 4.79 Å². The summed E-state index contributed by atoms with van der Waals surface area (Å²) in [7, 11) is -3.81. The Morgan fingerprint density at radius 3 is 2.83 bits per heavy atom. The molecule has 2 rings (SSSR count). The first-order valence-corrected chi connectivity index (χ1v) is 6.70. The highest BCUT2D eigenvalue weighted by Gasteiger charge is 2.31. The lowest BCUT2D eigenvalue weighted by Gasteiger charge is -2.09. The van der Waals surface area contributed by atoms with Crippen molar-refractivity contribution in [3.8, 4) is 6.07 Å². The Labute approximate surface area is 104 Å². The van der Waals surface area contributed by atoms with Crippen LogP contribution in [0.15, 0.2) is 29.2 Å². The van der Waals surface area contributed by atoms with E-state index in [0.717, 1.165) is 0 Å². The van der Waals surface area contributed by atoms with Crippen LogP contribution in [0.4, 0.5) is 0 Å². The van der Waals surface area contributed by atoms with E-state index in [2.05, 4.69) is 9.46 Å². The number of hydrogen-bond donors (Lipinski definition) is 1. The molecular weight excluding hydrogens is 256 g/mol. The number of sulfonamides is 1. The van der Waals surface area contributed by atoms with Crippen LogP contribution in [0, 0.1) is 11.3 Å². The highest BCUT2D eigenvalue weighted by molar-refractivity contribution is 7.89. The second-order valence-corrected chi connectivity index (χ2v) is 5.48. The Balaban J connectivity index is 2.25. The molecule has 7 heteroatoms. The van der Waals surface area contributed by atoms with Gasteiger partial charge in [0.15, 0.2) is 0 Å². The predicted molar refractivity (Wildman–Crippen MR) is 60.8 cm³/mol. The van der Waals surface area contributed by atoms with Crippen LogP contribution in [0.5, 0.6) is 0 Å². The van der Waals surface area contributed by atoms with Crippen LogP contribution in [-0.4, -0.2) is 27.0 Å². The van der Waals surface area contributed by atoms with Crippen LogP contribution >= 0.6 is 0 Å². The maximum atomic E-state index is 12.0. The number of carbonyl (C=O) groups is 1. The fourth-order valence-electron chi connectivity index (χ4n) is 1.59. The Morgan fingerprint density at radius 1 is 1.44 bits per heavy atom. The summed E-state index contributed by atoms with van der Waals surface area (Å²) in [5, 5.41) is 8.71. The molecule has 1 aromatic carbocycles. The molecule has 1 aromatic rings. The molecule has 1 aliphatic heterocycles. The van der Waals surface area contributed by atoms with Gasteiger partial charge < -0.3 is 4.74 Å². The molecule has 0 bridgehead atoms. The van der Waals surface area contributed by atoms with Gasteiger partial charge in [-0.15, -0.1) is 0 Å². The third-order valence-electron chi connectivity index (χ3n) is 2.51. The molecule has 0 radical (unpaired) electrons. The first kappa shape index (κ1) is 12.5. The van der Waals surface area contributed by atoms with Crippen LogP contribution in [0.2, 0.25) is 0 Å². The zero-order chi connectivity index (χ0) is 13.2. The second kappa shape index (κ2) is 4.76. The van der Waals surface area contributed by atoms with Gasteiger partial charge in [0.1, 0.15) is 6.04 Å². The number of hydrogen-bond acceptors (Lipinski definition) is 5. The molecule has 6 nitrogen and oxygen atoms in total. The standard InChI is InChI=1S/C11H10N2O4S/c12-7-8-2-1-3-9(6-8)18(15,16)13-10-4-5-17-11(10)14/h1-3,6,10,13H,4-5H2. The van der Waals surface area contributed by atoms with Crippen molar-refractivity contribution in [1.29, 1.82) is 5.26 Å². The average Bonchev–Trinajstić information content (AvgIpc) is 2.74. The summed E-state index contributed by atoms with van der Waals surface area (Å²) >= 11 is 0. The summed E-state index contributed by atoms with van der Waals surface area (Å²) in [6.45, 7) is 0.213. The van der Waals surface area contributed by atoms with E-state index >= 15 is 0 Å². The van der Waals surface area contributed by atoms with Crippen LogP contribution in [0.3, 0.4) is 0 Å². The van der Waals surface area contributed by atoms with E-state index < -0.39 is 22.0 Å². The average molecular weight is 266 g/mol. The molecule has 0 saturated carbocycles. The first-order valence-electron chi connectivity index (χ1n) is 5.22. The van der Waals surface area contributed by atoms with E-state index in [-0.39, 0.29) is 17.1 Å². The molecule has 1 aliphatic rings. The van der Waals surface area contributed by atoms with E-state index in [1.54, 1.807) is 0 Å². The first-order chi connectivity index (χ1) is 8.53. The van der Waals surface area contributed by atoms with Crippen LogP contribution in [-0.2, 0) is 19.6 Å². The van der Waals surface area contributed by atoms with Gasteiger partial charge in [0.2, 0.25) is 10.0 Å². The van der Waals surface area contributed by atoms with Crippen LogP contribution < -0.4 is 4.72 Å². The van der Waals surface area contributed by atoms with E-state index in [1.807, 2.05) is 6.07 Å². The second-order valence-electron chi connectivity index (χ2n) is 3.77. The van der Waals surface area contributed by atoms with E-state index in [0.29, 0.717) is 6.42 Å². The molecule has 1 heterocycles. The number of cyclic esters (lactones) is 1. The maximum Gasteiger partial charge on any atom is 0.324 e. The lowest BCUT2D eigenvalue weighted by atomic mass is 10.2. The van der Waals surface area contributed by atoms with Gasteiger partial charge in [-0.05, 0) is 18.2 Å². The number of nitriles is 1. The zero-order valence-corrected chi connectivity index (χ0v) is 10.1. The maximum absolute atomic E-state index is 12.0. The number of nitrogens with zero attached hydrogens (tertiary/aromatic N) is 1. The van der Waals surface area contributed by atoms with E-state index in [4.69, 9.17) is 5.26 Å². The topological polar surface area (TPSA) is 96.3 Å². The molecule has 0 amide bonds. The fraction of sp³-hybridized carbons (Fsp3) is 0.273. The quantitative estimate of drug-likeness (QED) is 0.786. The summed E-state index contributed by atoms with van der Waals surface area (Å²) in [5.41, 5.74) is 0.242. The van der Waals surface area contributed by atoms with Crippen molar-refractivity contribution < 1.29 is 17.9 Å². The number of nitrogens with one attached hydrogen (secondary N) is 1. The van der Waals surface area contributed by atoms with Gasteiger partial charge in [0, 0.05) is 6.42 Å². The molecule has 1 unspecified atom stereocenters. The van der Waals surface area contributed by atoms with Crippen molar-refractivity contribution in [3.63, 3.8) is 0 Å². The van der Waals surface area contributed by atoms with Gasteiger partial charge in [-0.2, -0.15) is 9.98 Å². The van der Waals surface area contributed by atoms with Crippen molar-refractivity contribution in [2.45, 2.75) is 17.4 Å². The normalized spacial score (nSPS) is 19.3. The molecule has 1 saturated heterocycles. The number of benzene rings is 1. The minimum Gasteiger partial charge on any atom is -0.464 e. The molecule has 0 spiro atoms. The molecular formula is C11H10N2O4S. The fourth-order valence-corrected chi connectivity index (χ4v) is 2.86. The van der Waals surface area contributed by atoms with Gasteiger partial charge in [0.25, 0.3) is 0 Å². The third-order valence-corrected chi connectivity index (χ3v) is 3.98. The molecule has 0 aromatic heterocycles. The van der Waals surface area contributed by atoms with Gasteiger partial charge >= 0.3 is 5.97 Å². The number of esters is 1. The lowest BCUT2D eigenvalue weighted by Crippen LogP contribution is -2.37. The Bertz CT molecular complexity index is 618. The van der Waals surface area contributed by atoms with Crippen LogP contribution in [0.25, 0.3) is 0 Å². The summed E-state index contributed by atoms with van der Waals surface area (Å²) in [6, 6.07) is 6.60. The van der Waals surface area contributed by atoms with Gasteiger partial charge in [0.05, 0.1) is 23.1 Å². The molecule has 1 N–H and O–H groups in total. The smallest absolute Gasteiger partial charge is 0.324 e. The number of carbonyl (C=O) groups excluding carboxylic acids is 1. The Kier molecular flexibility index (Phi) is 3.32. The van der Waals surface area contributed by atoms with Crippen LogP contribution in [0.1, 0.15) is 12.0 Å². The third kappa shape index (κ3) is 2.50. The van der Waals surface area contributed by atoms with E-state index in [1.165, 1.54) is 24.3 Å². The number of rotatable bonds is 3. The van der Waals surface area contributed by atoms with Crippen molar-refractivity contribution in [2.75, 3.05) is 6.61 Å².